The molecular weight excluding hydrogens is 692 g/mol. The number of hydrogen-bond donors (Lipinski definition) is 0. The molecule has 0 saturated heterocycles. The molecule has 6 rings (SSSR count). The van der Waals surface area contributed by atoms with Crippen molar-refractivity contribution < 1.29 is 4.74 Å². The van der Waals surface area contributed by atoms with Crippen LogP contribution in [0.4, 0.5) is 0 Å². The molecule has 4 heteroatoms. The van der Waals surface area contributed by atoms with Gasteiger partial charge in [-0.1, -0.05) is 66.7 Å². The summed E-state index contributed by atoms with van der Waals surface area (Å²) in [6.07, 6.45) is 2.65. The summed E-state index contributed by atoms with van der Waals surface area (Å²) < 4.78 is 8.99. The second-order valence-electron chi connectivity index (χ2n) is 9.48. The van der Waals surface area contributed by atoms with Gasteiger partial charge in [0.1, 0.15) is 0 Å². The molecule has 0 aromatic heterocycles. The molecule has 0 saturated carbocycles. The fourth-order valence-corrected chi connectivity index (χ4v) is 7.35. The molecule has 1 atom stereocenters. The van der Waals surface area contributed by atoms with E-state index in [2.05, 4.69) is 125 Å². The Bertz CT molecular complexity index is 1830. The molecule has 38 heavy (non-hydrogen) atoms. The smallest absolute Gasteiger partial charge is 0.0991 e. The van der Waals surface area contributed by atoms with Crippen molar-refractivity contribution in [1.82, 2.24) is 0 Å². The molecule has 0 amide bonds. The van der Waals surface area contributed by atoms with Gasteiger partial charge in [0, 0.05) is 7.14 Å². The van der Waals surface area contributed by atoms with E-state index in [4.69, 9.17) is 4.74 Å². The van der Waals surface area contributed by atoms with E-state index in [0.29, 0.717) is 12.2 Å². The Morgan fingerprint density at radius 2 is 1.42 bits per heavy atom. The van der Waals surface area contributed by atoms with E-state index in [-0.39, 0.29) is 6.10 Å². The highest BCUT2D eigenvalue weighted by molar-refractivity contribution is 14.1. The van der Waals surface area contributed by atoms with Crippen LogP contribution in [0.15, 0.2) is 104 Å². The summed E-state index contributed by atoms with van der Waals surface area (Å²) in [6, 6.07) is 34.3. The van der Waals surface area contributed by atoms with Gasteiger partial charge in [-0.15, -0.1) is 6.58 Å². The van der Waals surface area contributed by atoms with Gasteiger partial charge in [0.2, 0.25) is 0 Å². The van der Waals surface area contributed by atoms with Crippen LogP contribution in [0.1, 0.15) is 29.2 Å². The Morgan fingerprint density at radius 1 is 0.789 bits per heavy atom. The molecule has 0 heterocycles. The van der Waals surface area contributed by atoms with Crippen molar-refractivity contribution in [2.45, 2.75) is 19.1 Å². The van der Waals surface area contributed by atoms with Gasteiger partial charge in [0.05, 0.1) is 24.3 Å². The van der Waals surface area contributed by atoms with Crippen molar-refractivity contribution in [3.63, 3.8) is 0 Å². The summed E-state index contributed by atoms with van der Waals surface area (Å²) in [7, 11) is 0. The number of ether oxygens (including phenoxy) is 1. The zero-order chi connectivity index (χ0) is 26.2. The third-order valence-corrected chi connectivity index (χ3v) is 8.40. The first-order valence-electron chi connectivity index (χ1n) is 12.4. The van der Waals surface area contributed by atoms with Crippen LogP contribution in [0.3, 0.4) is 0 Å². The molecule has 6 aromatic carbocycles. The fraction of sp³-hybridized carbons (Fsp3) is 0.0882. The molecule has 184 valence electrons. The normalized spacial score (nSPS) is 12.2. The molecule has 0 bridgehead atoms. The maximum atomic E-state index is 9.21. The Kier molecular flexibility index (Phi) is 7.08. The van der Waals surface area contributed by atoms with Gasteiger partial charge in [-0.3, -0.25) is 0 Å². The van der Waals surface area contributed by atoms with E-state index >= 15 is 0 Å². The quantitative estimate of drug-likeness (QED) is 0.0937. The molecule has 0 aliphatic rings. The molecule has 0 N–H and O–H groups in total. The van der Waals surface area contributed by atoms with Crippen molar-refractivity contribution in [3.8, 4) is 17.2 Å². The highest BCUT2D eigenvalue weighted by Gasteiger charge is 2.17. The summed E-state index contributed by atoms with van der Waals surface area (Å²) >= 11 is 4.74. The van der Waals surface area contributed by atoms with E-state index in [9.17, 15) is 5.26 Å². The number of benzene rings is 6. The molecule has 6 aromatic rings. The van der Waals surface area contributed by atoms with Gasteiger partial charge >= 0.3 is 0 Å². The van der Waals surface area contributed by atoms with Crippen molar-refractivity contribution in [3.05, 3.63) is 127 Å². The standard InChI is InChI=1S/C34H23I2NO/c1-2-3-32(26-16-27(35)18-28(36)17-26)38-20-25-11-10-23-8-9-24-12-13-29(22-6-4-21(19-37)5-7-22)31-15-14-30(25)33(23)34(24)31/h2,4-18,32H,1,3,20H2. The third kappa shape index (κ3) is 4.68. The lowest BCUT2D eigenvalue weighted by molar-refractivity contribution is 0.0423. The minimum absolute atomic E-state index is 0.0442. The summed E-state index contributed by atoms with van der Waals surface area (Å²) in [5.74, 6) is 0. The van der Waals surface area contributed by atoms with Gasteiger partial charge in [0.15, 0.2) is 0 Å². The van der Waals surface area contributed by atoms with Crippen LogP contribution in [0.5, 0.6) is 0 Å². The van der Waals surface area contributed by atoms with Crippen molar-refractivity contribution in [2.24, 2.45) is 0 Å². The van der Waals surface area contributed by atoms with Crippen LogP contribution < -0.4 is 0 Å². The fourth-order valence-electron chi connectivity index (χ4n) is 5.37. The molecule has 2 nitrogen and oxygen atoms in total. The van der Waals surface area contributed by atoms with Crippen LogP contribution in [0, 0.1) is 18.5 Å². The number of nitriles is 1. The maximum Gasteiger partial charge on any atom is 0.0991 e. The zero-order valence-corrected chi connectivity index (χ0v) is 24.9. The number of rotatable bonds is 7. The number of hydrogen-bond acceptors (Lipinski definition) is 2. The van der Waals surface area contributed by atoms with Crippen LogP contribution >= 0.6 is 45.2 Å². The van der Waals surface area contributed by atoms with Gasteiger partial charge in [-0.2, -0.15) is 5.26 Å². The summed E-state index contributed by atoms with van der Waals surface area (Å²) in [5, 5.41) is 16.7. The first-order chi connectivity index (χ1) is 18.6. The average molecular weight is 715 g/mol. The Morgan fingerprint density at radius 3 is 2.11 bits per heavy atom. The molecule has 0 radical (unpaired) electrons. The minimum atomic E-state index is -0.0442. The van der Waals surface area contributed by atoms with Crippen LogP contribution in [-0.4, -0.2) is 0 Å². The van der Waals surface area contributed by atoms with Gasteiger partial charge < -0.3 is 4.74 Å². The second kappa shape index (κ2) is 10.6. The monoisotopic (exact) mass is 715 g/mol. The predicted molar refractivity (Wildman–Crippen MR) is 175 cm³/mol. The largest absolute Gasteiger partial charge is 0.369 e. The van der Waals surface area contributed by atoms with Crippen molar-refractivity contribution in [1.29, 1.82) is 5.26 Å². The van der Waals surface area contributed by atoms with E-state index in [1.54, 1.807) is 0 Å². The Balaban J connectivity index is 1.44. The van der Waals surface area contributed by atoms with Crippen molar-refractivity contribution >= 4 is 77.5 Å². The van der Waals surface area contributed by atoms with Crippen LogP contribution in [0.2, 0.25) is 0 Å². The average Bonchev–Trinajstić information content (AvgIpc) is 2.93. The third-order valence-electron chi connectivity index (χ3n) is 7.16. The lowest BCUT2D eigenvalue weighted by Gasteiger charge is -2.20. The van der Waals surface area contributed by atoms with Gasteiger partial charge in [-0.25, -0.2) is 0 Å². The highest BCUT2D eigenvalue weighted by Crippen LogP contribution is 2.40. The molecule has 0 spiro atoms. The number of halogens is 2. The zero-order valence-electron chi connectivity index (χ0n) is 20.5. The minimum Gasteiger partial charge on any atom is -0.369 e. The topological polar surface area (TPSA) is 33.0 Å². The Hall–Kier alpha value is -2.99. The Labute approximate surface area is 249 Å². The van der Waals surface area contributed by atoms with Crippen LogP contribution in [-0.2, 0) is 11.3 Å². The lowest BCUT2D eigenvalue weighted by atomic mass is 9.88. The van der Waals surface area contributed by atoms with E-state index in [1.165, 1.54) is 56.1 Å². The maximum absolute atomic E-state index is 9.21. The predicted octanol–water partition coefficient (Wildman–Crippen LogP) is 10.2. The first kappa shape index (κ1) is 25.3. The van der Waals surface area contributed by atoms with Gasteiger partial charge in [0.25, 0.3) is 0 Å². The molecule has 1 unspecified atom stereocenters. The summed E-state index contributed by atoms with van der Waals surface area (Å²) in [4.78, 5) is 0. The van der Waals surface area contributed by atoms with E-state index in [1.807, 2.05) is 30.3 Å². The molecule has 0 aliphatic carbocycles. The summed E-state index contributed by atoms with van der Waals surface area (Å²) in [5.41, 5.74) is 5.34. The molecule has 0 aliphatic heterocycles. The molecular formula is C34H23I2NO. The number of nitrogens with zero attached hydrogens (tertiary/aromatic N) is 1. The first-order valence-corrected chi connectivity index (χ1v) is 14.6. The summed E-state index contributed by atoms with van der Waals surface area (Å²) in [6.45, 7) is 4.50. The SMILES string of the molecule is C=CCC(OCc1ccc2ccc3ccc(-c4ccc(C#N)cc4)c4ccc1c2c34)c1cc(I)cc(I)c1. The molecule has 0 fully saturated rings. The van der Waals surface area contributed by atoms with Crippen LogP contribution in [0.25, 0.3) is 43.4 Å². The lowest BCUT2D eigenvalue weighted by Crippen LogP contribution is -2.05. The van der Waals surface area contributed by atoms with Gasteiger partial charge in [-0.05, 0) is 137 Å². The van der Waals surface area contributed by atoms with E-state index < -0.39 is 0 Å². The van der Waals surface area contributed by atoms with Crippen molar-refractivity contribution in [2.75, 3.05) is 0 Å². The highest BCUT2D eigenvalue weighted by atomic mass is 127. The van der Waals surface area contributed by atoms with E-state index in [0.717, 1.165) is 12.0 Å². The second-order valence-corrected chi connectivity index (χ2v) is 12.0.